The van der Waals surface area contributed by atoms with E-state index >= 15 is 0 Å². The molecule has 0 saturated carbocycles. The van der Waals surface area contributed by atoms with Crippen LogP contribution < -0.4 is 23.3 Å². The highest BCUT2D eigenvalue weighted by Crippen LogP contribution is 2.41. The minimum Gasteiger partial charge on any atom is -0.497 e. The lowest BCUT2D eigenvalue weighted by atomic mass is 10.1. The molecule has 7 nitrogen and oxygen atoms in total. The summed E-state index contributed by atoms with van der Waals surface area (Å²) in [5, 5.41) is 0.361. The Morgan fingerprint density at radius 3 is 2.03 bits per heavy atom. The number of benzene rings is 3. The molecule has 34 heavy (non-hydrogen) atoms. The molecule has 0 aliphatic heterocycles. The zero-order valence-electron chi connectivity index (χ0n) is 20.0. The van der Waals surface area contributed by atoms with Gasteiger partial charge in [-0.15, -0.1) is 0 Å². The van der Waals surface area contributed by atoms with Crippen LogP contribution in [0.4, 0.5) is 5.69 Å². The highest BCUT2D eigenvalue weighted by molar-refractivity contribution is 7.92. The molecular weight excluding hydrogens is 478 g/mol. The maximum atomic E-state index is 14.0. The van der Waals surface area contributed by atoms with E-state index in [1.54, 1.807) is 62.6 Å². The van der Waals surface area contributed by atoms with Crippen LogP contribution in [0.1, 0.15) is 24.1 Å². The molecule has 0 bridgehead atoms. The lowest BCUT2D eigenvalue weighted by Crippen LogP contribution is -2.34. The predicted octanol–water partition coefficient (Wildman–Crippen LogP) is 5.64. The van der Waals surface area contributed by atoms with Crippen molar-refractivity contribution in [3.05, 3.63) is 70.7 Å². The van der Waals surface area contributed by atoms with Gasteiger partial charge >= 0.3 is 0 Å². The number of rotatable bonds is 9. The molecule has 0 aliphatic carbocycles. The number of methoxy groups -OCH3 is 4. The summed E-state index contributed by atoms with van der Waals surface area (Å²) in [7, 11) is 2.02. The summed E-state index contributed by atoms with van der Waals surface area (Å²) in [4.78, 5) is 0.0617. The van der Waals surface area contributed by atoms with E-state index in [1.165, 1.54) is 31.7 Å². The summed E-state index contributed by atoms with van der Waals surface area (Å²) < 4.78 is 51.1. The summed E-state index contributed by atoms with van der Waals surface area (Å²) in [6, 6.07) is 14.2. The standard InChI is InChI=1S/C25H28ClNO6S/c1-16-7-10-20(15-22(16)26)34(28,29)27(18-8-11-24(32-5)25(13-18)33-6)17(2)21-14-19(30-3)9-12-23(21)31-4/h7-15,17H,1-6H3/t17-/m1/s1. The third-order valence-corrected chi connectivity index (χ3v) is 7.86. The Hall–Kier alpha value is -3.10. The number of aryl methyl sites for hydroxylation is 1. The van der Waals surface area contributed by atoms with Gasteiger partial charge in [0.05, 0.1) is 45.1 Å². The smallest absolute Gasteiger partial charge is 0.264 e. The van der Waals surface area contributed by atoms with Crippen LogP contribution in [0.25, 0.3) is 0 Å². The molecule has 0 unspecified atom stereocenters. The number of halogens is 1. The topological polar surface area (TPSA) is 74.3 Å². The number of hydrogen-bond donors (Lipinski definition) is 0. The van der Waals surface area contributed by atoms with E-state index in [1.807, 2.05) is 6.92 Å². The number of ether oxygens (including phenoxy) is 4. The van der Waals surface area contributed by atoms with Gasteiger partial charge in [-0.3, -0.25) is 4.31 Å². The van der Waals surface area contributed by atoms with Crippen LogP contribution in [-0.2, 0) is 10.0 Å². The van der Waals surface area contributed by atoms with E-state index in [0.29, 0.717) is 39.3 Å². The van der Waals surface area contributed by atoms with Crippen molar-refractivity contribution in [2.75, 3.05) is 32.7 Å². The maximum Gasteiger partial charge on any atom is 0.264 e. The van der Waals surface area contributed by atoms with Gasteiger partial charge in [-0.25, -0.2) is 8.42 Å². The first kappa shape index (κ1) is 25.5. The van der Waals surface area contributed by atoms with Gasteiger partial charge in [0.25, 0.3) is 10.0 Å². The molecule has 182 valence electrons. The molecule has 9 heteroatoms. The molecule has 0 N–H and O–H groups in total. The number of anilines is 1. The summed E-state index contributed by atoms with van der Waals surface area (Å²) in [6.07, 6.45) is 0. The van der Waals surface area contributed by atoms with E-state index < -0.39 is 16.1 Å². The molecule has 1 atom stereocenters. The number of nitrogens with zero attached hydrogens (tertiary/aromatic N) is 1. The summed E-state index contributed by atoms with van der Waals surface area (Å²) in [5.41, 5.74) is 1.78. The zero-order chi connectivity index (χ0) is 25.0. The molecule has 0 amide bonds. The number of hydrogen-bond acceptors (Lipinski definition) is 6. The van der Waals surface area contributed by atoms with E-state index in [0.717, 1.165) is 5.56 Å². The summed E-state index contributed by atoms with van der Waals surface area (Å²) >= 11 is 6.29. The third-order valence-electron chi connectivity index (χ3n) is 5.56. The highest BCUT2D eigenvalue weighted by Gasteiger charge is 2.33. The van der Waals surface area contributed by atoms with Crippen LogP contribution in [0.5, 0.6) is 23.0 Å². The zero-order valence-corrected chi connectivity index (χ0v) is 21.5. The van der Waals surface area contributed by atoms with Gasteiger partial charge < -0.3 is 18.9 Å². The Bertz CT molecular complexity index is 1280. The second-order valence-corrected chi connectivity index (χ2v) is 9.76. The quantitative estimate of drug-likeness (QED) is 0.374. The Morgan fingerprint density at radius 1 is 0.794 bits per heavy atom. The van der Waals surface area contributed by atoms with Crippen LogP contribution in [0.15, 0.2) is 59.5 Å². The average molecular weight is 506 g/mol. The molecule has 0 fully saturated rings. The lowest BCUT2D eigenvalue weighted by Gasteiger charge is -2.32. The second kappa shape index (κ2) is 10.4. The molecule has 0 spiro atoms. The van der Waals surface area contributed by atoms with Gasteiger partial charge in [-0.1, -0.05) is 17.7 Å². The van der Waals surface area contributed by atoms with Crippen molar-refractivity contribution < 1.29 is 27.4 Å². The van der Waals surface area contributed by atoms with Crippen LogP contribution in [0, 0.1) is 6.92 Å². The average Bonchev–Trinajstić information content (AvgIpc) is 2.84. The van der Waals surface area contributed by atoms with Crippen LogP contribution in [0.2, 0.25) is 5.02 Å². The van der Waals surface area contributed by atoms with Gasteiger partial charge in [-0.2, -0.15) is 0 Å². The van der Waals surface area contributed by atoms with Crippen molar-refractivity contribution in [3.63, 3.8) is 0 Å². The van der Waals surface area contributed by atoms with Crippen molar-refractivity contribution in [2.24, 2.45) is 0 Å². The van der Waals surface area contributed by atoms with E-state index in [2.05, 4.69) is 0 Å². The van der Waals surface area contributed by atoms with Crippen molar-refractivity contribution in [1.82, 2.24) is 0 Å². The van der Waals surface area contributed by atoms with E-state index in [-0.39, 0.29) is 4.90 Å². The molecule has 0 heterocycles. The Kier molecular flexibility index (Phi) is 7.84. The van der Waals surface area contributed by atoms with Crippen molar-refractivity contribution in [1.29, 1.82) is 0 Å². The van der Waals surface area contributed by atoms with Gasteiger partial charge in [0.1, 0.15) is 11.5 Å². The van der Waals surface area contributed by atoms with Crippen LogP contribution >= 0.6 is 11.6 Å². The third kappa shape index (κ3) is 4.88. The van der Waals surface area contributed by atoms with Crippen LogP contribution in [0.3, 0.4) is 0 Å². The fraction of sp³-hybridized carbons (Fsp3) is 0.280. The molecule has 3 aromatic carbocycles. The highest BCUT2D eigenvalue weighted by atomic mass is 35.5. The van der Waals surface area contributed by atoms with Crippen molar-refractivity contribution in [3.8, 4) is 23.0 Å². The fourth-order valence-electron chi connectivity index (χ4n) is 3.67. The Morgan fingerprint density at radius 2 is 1.44 bits per heavy atom. The molecule has 3 aromatic rings. The first-order valence-electron chi connectivity index (χ1n) is 10.4. The molecule has 0 aromatic heterocycles. The van der Waals surface area contributed by atoms with Gasteiger partial charge in [0.15, 0.2) is 11.5 Å². The molecule has 0 aliphatic rings. The Balaban J connectivity index is 2.27. The molecule has 3 rings (SSSR count). The molecule has 0 saturated heterocycles. The van der Waals surface area contributed by atoms with E-state index in [4.69, 9.17) is 30.5 Å². The Labute approximate surface area is 205 Å². The fourth-order valence-corrected chi connectivity index (χ4v) is 5.57. The van der Waals surface area contributed by atoms with Gasteiger partial charge in [-0.05, 0) is 61.9 Å². The maximum absolute atomic E-state index is 14.0. The summed E-state index contributed by atoms with van der Waals surface area (Å²) in [6.45, 7) is 3.59. The van der Waals surface area contributed by atoms with Crippen molar-refractivity contribution >= 4 is 27.3 Å². The first-order valence-corrected chi connectivity index (χ1v) is 12.2. The van der Waals surface area contributed by atoms with Gasteiger partial charge in [0, 0.05) is 16.7 Å². The summed E-state index contributed by atoms with van der Waals surface area (Å²) in [5.74, 6) is 1.97. The van der Waals surface area contributed by atoms with Crippen molar-refractivity contribution in [2.45, 2.75) is 24.8 Å². The normalized spacial score (nSPS) is 12.1. The van der Waals surface area contributed by atoms with Crippen LogP contribution in [-0.4, -0.2) is 36.9 Å². The number of sulfonamides is 1. The van der Waals surface area contributed by atoms with Gasteiger partial charge in [0.2, 0.25) is 0 Å². The lowest BCUT2D eigenvalue weighted by molar-refractivity contribution is 0.355. The monoisotopic (exact) mass is 505 g/mol. The molecular formula is C25H28ClNO6S. The van der Waals surface area contributed by atoms with E-state index in [9.17, 15) is 8.42 Å². The predicted molar refractivity (Wildman–Crippen MR) is 133 cm³/mol. The minimum absolute atomic E-state index is 0.0617. The second-order valence-electron chi connectivity index (χ2n) is 7.53. The largest absolute Gasteiger partial charge is 0.497 e. The molecule has 0 radical (unpaired) electrons. The minimum atomic E-state index is -4.07. The first-order chi connectivity index (χ1) is 16.2. The SMILES string of the molecule is COc1ccc(OC)c([C@@H](C)N(c2ccc(OC)c(OC)c2)S(=O)(=O)c2ccc(C)c(Cl)c2)c1.